The number of nitrogens with one attached hydrogen (secondary N) is 1. The van der Waals surface area contributed by atoms with Crippen molar-refractivity contribution in [3.8, 4) is 0 Å². The van der Waals surface area contributed by atoms with Crippen LogP contribution in [0.4, 0.5) is 0 Å². The number of hydrogen-bond acceptors (Lipinski definition) is 2. The largest absolute Gasteiger partial charge is 0.370 e. The summed E-state index contributed by atoms with van der Waals surface area (Å²) >= 11 is 1.86. The van der Waals surface area contributed by atoms with Gasteiger partial charge in [0.1, 0.15) is 19.6 Å². The lowest BCUT2D eigenvalue weighted by Gasteiger charge is -2.23. The third kappa shape index (κ3) is 1.98. The Balaban J connectivity index is 1.83. The number of rotatable bonds is 2. The first kappa shape index (κ1) is 10.3. The van der Waals surface area contributed by atoms with Gasteiger partial charge in [-0.2, -0.15) is 0 Å². The molecule has 0 bridgehead atoms. The highest BCUT2D eigenvalue weighted by atomic mass is 32.1. The van der Waals surface area contributed by atoms with E-state index in [4.69, 9.17) is 4.74 Å². The molecule has 2 nitrogen and oxygen atoms in total. The summed E-state index contributed by atoms with van der Waals surface area (Å²) in [7, 11) is 0. The summed E-state index contributed by atoms with van der Waals surface area (Å²) in [6, 6.07) is 8.69. The summed E-state index contributed by atoms with van der Waals surface area (Å²) in [4.78, 5) is 1.65. The molecule has 1 N–H and O–H groups in total. The van der Waals surface area contributed by atoms with Gasteiger partial charge in [0.05, 0.1) is 13.2 Å². The van der Waals surface area contributed by atoms with E-state index in [1.807, 2.05) is 11.3 Å². The lowest BCUT2D eigenvalue weighted by atomic mass is 10.1. The SMILES string of the molecule is c1ccc2c(C[NH+]3CCOCC3)csc2c1. The zero-order valence-corrected chi connectivity index (χ0v) is 10.1. The van der Waals surface area contributed by atoms with E-state index in [1.54, 1.807) is 4.90 Å². The second kappa shape index (κ2) is 4.53. The molecule has 1 saturated heterocycles. The maximum absolute atomic E-state index is 5.39. The van der Waals surface area contributed by atoms with Crippen LogP contribution >= 0.6 is 11.3 Å². The third-order valence-corrected chi connectivity index (χ3v) is 4.21. The third-order valence-electron chi connectivity index (χ3n) is 3.20. The number of morpholine rings is 1. The first-order valence-corrected chi connectivity index (χ1v) is 6.68. The van der Waals surface area contributed by atoms with Crippen molar-refractivity contribution >= 4 is 21.4 Å². The first-order valence-electron chi connectivity index (χ1n) is 5.80. The lowest BCUT2D eigenvalue weighted by Crippen LogP contribution is -3.12. The Kier molecular flexibility index (Phi) is 2.91. The van der Waals surface area contributed by atoms with Crippen LogP contribution in [0.5, 0.6) is 0 Å². The molecule has 3 rings (SSSR count). The van der Waals surface area contributed by atoms with Crippen molar-refractivity contribution in [1.29, 1.82) is 0 Å². The van der Waals surface area contributed by atoms with Gasteiger partial charge in [-0.05, 0) is 6.07 Å². The van der Waals surface area contributed by atoms with Crippen LogP contribution < -0.4 is 4.90 Å². The maximum Gasteiger partial charge on any atom is 0.104 e. The quantitative estimate of drug-likeness (QED) is 0.827. The van der Waals surface area contributed by atoms with Crippen molar-refractivity contribution in [2.45, 2.75) is 6.54 Å². The standard InChI is InChI=1S/C13H15NOS/c1-2-4-13-12(3-1)11(10-16-13)9-14-5-7-15-8-6-14/h1-4,10H,5-9H2/p+1. The van der Waals surface area contributed by atoms with Crippen molar-refractivity contribution < 1.29 is 9.64 Å². The number of benzene rings is 1. The monoisotopic (exact) mass is 234 g/mol. The second-order valence-corrected chi connectivity index (χ2v) is 5.21. The Hall–Kier alpha value is -0.900. The predicted octanol–water partition coefficient (Wildman–Crippen LogP) is 1.32. The van der Waals surface area contributed by atoms with Crippen LogP contribution in [0, 0.1) is 0 Å². The Morgan fingerprint density at radius 3 is 2.88 bits per heavy atom. The van der Waals surface area contributed by atoms with Gasteiger partial charge in [0.25, 0.3) is 0 Å². The highest BCUT2D eigenvalue weighted by Crippen LogP contribution is 2.24. The molecule has 2 aromatic rings. The van der Waals surface area contributed by atoms with Gasteiger partial charge in [-0.3, -0.25) is 0 Å². The van der Waals surface area contributed by atoms with Crippen LogP contribution in [0.15, 0.2) is 29.6 Å². The molecule has 0 radical (unpaired) electrons. The number of ether oxygens (including phenoxy) is 1. The van der Waals surface area contributed by atoms with Gasteiger partial charge in [-0.1, -0.05) is 18.2 Å². The predicted molar refractivity (Wildman–Crippen MR) is 67.0 cm³/mol. The summed E-state index contributed by atoms with van der Waals surface area (Å²) in [5, 5.41) is 3.75. The fraction of sp³-hybridized carbons (Fsp3) is 0.385. The van der Waals surface area contributed by atoms with E-state index in [0.29, 0.717) is 0 Å². The van der Waals surface area contributed by atoms with Crippen LogP contribution in [-0.2, 0) is 11.3 Å². The lowest BCUT2D eigenvalue weighted by molar-refractivity contribution is -0.921. The van der Waals surface area contributed by atoms with Crippen LogP contribution in [0.2, 0.25) is 0 Å². The zero-order chi connectivity index (χ0) is 10.8. The van der Waals surface area contributed by atoms with Crippen LogP contribution in [0.1, 0.15) is 5.56 Å². The fourth-order valence-corrected chi connectivity index (χ4v) is 3.24. The molecule has 1 aliphatic rings. The molecule has 84 valence electrons. The summed E-state index contributed by atoms with van der Waals surface area (Å²) in [6.07, 6.45) is 0. The van der Waals surface area contributed by atoms with Crippen molar-refractivity contribution in [3.63, 3.8) is 0 Å². The Morgan fingerprint density at radius 1 is 1.19 bits per heavy atom. The van der Waals surface area contributed by atoms with Gasteiger partial charge in [-0.15, -0.1) is 11.3 Å². The van der Waals surface area contributed by atoms with E-state index >= 15 is 0 Å². The van der Waals surface area contributed by atoms with E-state index in [-0.39, 0.29) is 0 Å². The molecule has 3 heteroatoms. The summed E-state index contributed by atoms with van der Waals surface area (Å²) in [5.74, 6) is 0. The molecular formula is C13H16NOS+. The zero-order valence-electron chi connectivity index (χ0n) is 9.24. The highest BCUT2D eigenvalue weighted by Gasteiger charge is 2.15. The van der Waals surface area contributed by atoms with Crippen molar-refractivity contribution in [1.82, 2.24) is 0 Å². The topological polar surface area (TPSA) is 13.7 Å². The molecule has 0 unspecified atom stereocenters. The molecule has 0 atom stereocenters. The normalized spacial score (nSPS) is 18.0. The van der Waals surface area contributed by atoms with Gasteiger partial charge < -0.3 is 9.64 Å². The van der Waals surface area contributed by atoms with Gasteiger partial charge in [0.15, 0.2) is 0 Å². The Labute approximate surface area is 99.4 Å². The summed E-state index contributed by atoms with van der Waals surface area (Å²) in [5.41, 5.74) is 1.50. The molecule has 1 aliphatic heterocycles. The van der Waals surface area contributed by atoms with Crippen molar-refractivity contribution in [2.75, 3.05) is 26.3 Å². The van der Waals surface area contributed by atoms with Gasteiger partial charge in [-0.25, -0.2) is 0 Å². The Bertz CT molecular complexity index is 473. The highest BCUT2D eigenvalue weighted by molar-refractivity contribution is 7.17. The molecule has 0 amide bonds. The smallest absolute Gasteiger partial charge is 0.104 e. The van der Waals surface area contributed by atoms with Gasteiger partial charge in [0.2, 0.25) is 0 Å². The van der Waals surface area contributed by atoms with Crippen molar-refractivity contribution in [3.05, 3.63) is 35.2 Å². The van der Waals surface area contributed by atoms with Crippen LogP contribution in [0.25, 0.3) is 10.1 Å². The summed E-state index contributed by atoms with van der Waals surface area (Å²) < 4.78 is 6.80. The molecule has 0 spiro atoms. The number of thiophene rings is 1. The van der Waals surface area contributed by atoms with E-state index in [9.17, 15) is 0 Å². The van der Waals surface area contributed by atoms with Crippen LogP contribution in [0.3, 0.4) is 0 Å². The number of hydrogen-bond donors (Lipinski definition) is 1. The summed E-state index contributed by atoms with van der Waals surface area (Å²) in [6.45, 7) is 5.26. The van der Waals surface area contributed by atoms with Crippen molar-refractivity contribution in [2.24, 2.45) is 0 Å². The molecule has 1 aromatic heterocycles. The minimum atomic E-state index is 0.914. The van der Waals surface area contributed by atoms with Gasteiger partial charge >= 0.3 is 0 Å². The number of fused-ring (bicyclic) bond motifs is 1. The molecule has 2 heterocycles. The van der Waals surface area contributed by atoms with E-state index < -0.39 is 0 Å². The Morgan fingerprint density at radius 2 is 2.00 bits per heavy atom. The maximum atomic E-state index is 5.39. The minimum absolute atomic E-state index is 0.914. The minimum Gasteiger partial charge on any atom is -0.370 e. The molecule has 0 aliphatic carbocycles. The molecular weight excluding hydrogens is 218 g/mol. The molecule has 1 fully saturated rings. The molecule has 1 aromatic carbocycles. The molecule has 0 saturated carbocycles. The van der Waals surface area contributed by atoms with Crippen LogP contribution in [-0.4, -0.2) is 26.3 Å². The number of quaternary nitrogens is 1. The van der Waals surface area contributed by atoms with Gasteiger partial charge in [0, 0.05) is 21.0 Å². The average Bonchev–Trinajstić information content (AvgIpc) is 2.74. The first-order chi connectivity index (χ1) is 7.93. The molecule has 16 heavy (non-hydrogen) atoms. The average molecular weight is 234 g/mol. The second-order valence-electron chi connectivity index (χ2n) is 4.30. The van der Waals surface area contributed by atoms with E-state index in [1.165, 1.54) is 15.6 Å². The fourth-order valence-electron chi connectivity index (χ4n) is 2.28. The van der Waals surface area contributed by atoms with E-state index in [2.05, 4.69) is 29.6 Å². The van der Waals surface area contributed by atoms with E-state index in [0.717, 1.165) is 32.8 Å².